The van der Waals surface area contributed by atoms with Crippen molar-refractivity contribution in [1.82, 2.24) is 0 Å². The van der Waals surface area contributed by atoms with E-state index >= 15 is 0 Å². The number of nitriles is 1. The topological polar surface area (TPSA) is 54.6 Å². The van der Waals surface area contributed by atoms with Gasteiger partial charge >= 0.3 is 5.90 Å². The van der Waals surface area contributed by atoms with E-state index in [4.69, 9.17) is 9.44 Å². The minimum atomic E-state index is -0.0388. The quantitative estimate of drug-likeness (QED) is 0.435. The van der Waals surface area contributed by atoms with Crippen molar-refractivity contribution in [2.24, 2.45) is 4.99 Å². The molecule has 5 heteroatoms. The van der Waals surface area contributed by atoms with Crippen LogP contribution in [-0.4, -0.2) is 13.0 Å². The fraction of sp³-hybridized carbons (Fsp3) is 0.111. The average molecular weight is 208 g/mol. The molecule has 72 valence electrons. The third kappa shape index (κ3) is 3.47. The molecule has 0 saturated carbocycles. The van der Waals surface area contributed by atoms with Crippen molar-refractivity contribution in [2.45, 2.75) is 0 Å². The van der Waals surface area contributed by atoms with Gasteiger partial charge in [-0.3, -0.25) is 4.18 Å². The first-order chi connectivity index (χ1) is 6.86. The van der Waals surface area contributed by atoms with E-state index in [0.29, 0.717) is 18.0 Å². The summed E-state index contributed by atoms with van der Waals surface area (Å²) in [5.74, 6) is -0.0388. The molecule has 0 atom stereocenters. The lowest BCUT2D eigenvalue weighted by molar-refractivity contribution is 0.438. The highest BCUT2D eigenvalue weighted by Gasteiger charge is 1.99. The molecule has 0 aromatic heterocycles. The van der Waals surface area contributed by atoms with Crippen LogP contribution in [0.25, 0.3) is 0 Å². The molecule has 1 aromatic carbocycles. The lowest BCUT2D eigenvalue weighted by atomic mass is 10.3. The highest BCUT2D eigenvalue weighted by Crippen LogP contribution is 2.12. The lowest BCUT2D eigenvalue weighted by Crippen LogP contribution is -1.94. The summed E-state index contributed by atoms with van der Waals surface area (Å²) < 4.78 is 9.40. The fourth-order valence-corrected chi connectivity index (χ4v) is 0.955. The van der Waals surface area contributed by atoms with Gasteiger partial charge in [-0.2, -0.15) is 5.26 Å². The van der Waals surface area contributed by atoms with Crippen molar-refractivity contribution in [3.05, 3.63) is 30.3 Å². The Hall–Kier alpha value is -1.51. The molecule has 0 amide bonds. The molecular weight excluding hydrogens is 200 g/mol. The van der Waals surface area contributed by atoms with E-state index < -0.39 is 0 Å². The number of aliphatic imine (C=N–C) groups is 1. The first-order valence-corrected chi connectivity index (χ1v) is 4.44. The average Bonchev–Trinajstić information content (AvgIpc) is 2.25. The first kappa shape index (κ1) is 10.6. The SMILES string of the molecule is COSOC(C#N)=Nc1ccccc1. The van der Waals surface area contributed by atoms with Gasteiger partial charge in [-0.15, -0.1) is 0 Å². The highest BCUT2D eigenvalue weighted by atomic mass is 32.2. The summed E-state index contributed by atoms with van der Waals surface area (Å²) in [6, 6.07) is 10.9. The second kappa shape index (κ2) is 6.02. The summed E-state index contributed by atoms with van der Waals surface area (Å²) >= 11 is 0.707. The van der Waals surface area contributed by atoms with E-state index in [9.17, 15) is 0 Å². The van der Waals surface area contributed by atoms with Crippen molar-refractivity contribution >= 4 is 23.9 Å². The Kier molecular flexibility index (Phi) is 4.55. The number of para-hydroxylation sites is 1. The van der Waals surface area contributed by atoms with Gasteiger partial charge in [0.25, 0.3) is 0 Å². The third-order valence-electron chi connectivity index (χ3n) is 1.26. The molecule has 0 aliphatic heterocycles. The summed E-state index contributed by atoms with van der Waals surface area (Å²) in [4.78, 5) is 3.95. The second-order valence-corrected chi connectivity index (χ2v) is 2.82. The first-order valence-electron chi connectivity index (χ1n) is 3.78. The van der Waals surface area contributed by atoms with Gasteiger partial charge in [-0.1, -0.05) is 18.2 Å². The molecular formula is C9H8N2O2S. The largest absolute Gasteiger partial charge is 0.369 e. The Morgan fingerprint density at radius 1 is 1.43 bits per heavy atom. The lowest BCUT2D eigenvalue weighted by Gasteiger charge is -1.97. The number of hydrogen-bond acceptors (Lipinski definition) is 5. The molecule has 0 spiro atoms. The zero-order valence-electron chi connectivity index (χ0n) is 7.51. The molecule has 0 bridgehead atoms. The van der Waals surface area contributed by atoms with E-state index in [-0.39, 0.29) is 5.90 Å². The molecule has 0 aliphatic carbocycles. The van der Waals surface area contributed by atoms with E-state index in [1.807, 2.05) is 24.3 Å². The van der Waals surface area contributed by atoms with Gasteiger partial charge < -0.3 is 4.18 Å². The van der Waals surface area contributed by atoms with E-state index in [2.05, 4.69) is 9.18 Å². The highest BCUT2D eigenvalue weighted by molar-refractivity contribution is 7.90. The third-order valence-corrected chi connectivity index (χ3v) is 1.63. The van der Waals surface area contributed by atoms with Crippen molar-refractivity contribution in [2.75, 3.05) is 7.11 Å². The Balaban J connectivity index is 2.70. The van der Waals surface area contributed by atoms with Gasteiger partial charge in [0.1, 0.15) is 0 Å². The molecule has 0 fully saturated rings. The van der Waals surface area contributed by atoms with Crippen LogP contribution in [0.4, 0.5) is 5.69 Å². The Morgan fingerprint density at radius 2 is 2.14 bits per heavy atom. The zero-order valence-corrected chi connectivity index (χ0v) is 8.32. The molecule has 0 saturated heterocycles. The van der Waals surface area contributed by atoms with Crippen LogP contribution < -0.4 is 0 Å². The molecule has 1 aromatic rings. The summed E-state index contributed by atoms with van der Waals surface area (Å²) in [6.07, 6.45) is 0. The minimum absolute atomic E-state index is 0.0388. The van der Waals surface area contributed by atoms with Crippen LogP contribution in [0.5, 0.6) is 0 Å². The van der Waals surface area contributed by atoms with Crippen LogP contribution in [-0.2, 0) is 8.37 Å². The molecule has 0 heterocycles. The van der Waals surface area contributed by atoms with E-state index in [1.54, 1.807) is 12.1 Å². The zero-order chi connectivity index (χ0) is 10.2. The Bertz CT molecular complexity index is 346. The van der Waals surface area contributed by atoms with Gasteiger partial charge in [0.2, 0.25) is 12.3 Å². The monoisotopic (exact) mass is 208 g/mol. The molecule has 14 heavy (non-hydrogen) atoms. The van der Waals surface area contributed by atoms with Gasteiger partial charge in [0.15, 0.2) is 6.07 Å². The van der Waals surface area contributed by atoms with E-state index in [0.717, 1.165) is 0 Å². The summed E-state index contributed by atoms with van der Waals surface area (Å²) in [5, 5.41) is 8.64. The van der Waals surface area contributed by atoms with Gasteiger partial charge in [0.05, 0.1) is 12.8 Å². The fourth-order valence-electron chi connectivity index (χ4n) is 0.748. The van der Waals surface area contributed by atoms with Gasteiger partial charge in [-0.05, 0) is 12.1 Å². The van der Waals surface area contributed by atoms with Crippen molar-refractivity contribution < 1.29 is 8.37 Å². The van der Waals surface area contributed by atoms with Crippen LogP contribution >= 0.6 is 12.3 Å². The molecule has 1 rings (SSSR count). The predicted molar refractivity (Wildman–Crippen MR) is 54.8 cm³/mol. The van der Waals surface area contributed by atoms with E-state index in [1.165, 1.54) is 7.11 Å². The van der Waals surface area contributed by atoms with Crippen LogP contribution in [0, 0.1) is 11.3 Å². The van der Waals surface area contributed by atoms with Crippen molar-refractivity contribution in [3.63, 3.8) is 0 Å². The van der Waals surface area contributed by atoms with Crippen LogP contribution in [0.2, 0.25) is 0 Å². The van der Waals surface area contributed by atoms with Crippen molar-refractivity contribution in [3.8, 4) is 6.07 Å². The molecule has 0 N–H and O–H groups in total. The second-order valence-electron chi connectivity index (χ2n) is 2.18. The smallest absolute Gasteiger partial charge is 0.310 e. The molecule has 0 radical (unpaired) electrons. The maximum Gasteiger partial charge on any atom is 0.310 e. The normalized spacial score (nSPS) is 10.7. The number of benzene rings is 1. The van der Waals surface area contributed by atoms with Gasteiger partial charge in [0, 0.05) is 0 Å². The summed E-state index contributed by atoms with van der Waals surface area (Å²) in [6.45, 7) is 0. The standard InChI is InChI=1S/C9H8N2O2S/c1-12-14-13-9(7-10)11-8-5-3-2-4-6-8/h2-6H,1H3. The summed E-state index contributed by atoms with van der Waals surface area (Å²) in [7, 11) is 1.45. The maximum absolute atomic E-state index is 8.64. The predicted octanol–water partition coefficient (Wildman–Crippen LogP) is 2.47. The summed E-state index contributed by atoms with van der Waals surface area (Å²) in [5.41, 5.74) is 0.667. The van der Waals surface area contributed by atoms with Crippen LogP contribution in [0.15, 0.2) is 35.3 Å². The number of hydrogen-bond donors (Lipinski definition) is 0. The molecule has 4 nitrogen and oxygen atoms in total. The van der Waals surface area contributed by atoms with Crippen molar-refractivity contribution in [1.29, 1.82) is 5.26 Å². The van der Waals surface area contributed by atoms with Crippen LogP contribution in [0.3, 0.4) is 0 Å². The number of nitrogens with zero attached hydrogens (tertiary/aromatic N) is 2. The van der Waals surface area contributed by atoms with Crippen LogP contribution in [0.1, 0.15) is 0 Å². The molecule has 0 unspecified atom stereocenters. The Morgan fingerprint density at radius 3 is 2.71 bits per heavy atom. The number of rotatable bonds is 3. The van der Waals surface area contributed by atoms with Gasteiger partial charge in [-0.25, -0.2) is 4.99 Å². The maximum atomic E-state index is 8.64. The Labute approximate surface area is 86.6 Å². The minimum Gasteiger partial charge on any atom is -0.369 e. The molecule has 0 aliphatic rings.